The molecule has 2 fully saturated rings. The first-order chi connectivity index (χ1) is 5.91. The first-order valence-electron chi connectivity index (χ1n) is 5.30. The van der Waals surface area contributed by atoms with Crippen LogP contribution in [0, 0.1) is 5.41 Å². The van der Waals surface area contributed by atoms with E-state index in [1.807, 2.05) is 0 Å². The van der Waals surface area contributed by atoms with E-state index in [0.717, 1.165) is 11.3 Å². The summed E-state index contributed by atoms with van der Waals surface area (Å²) in [5.74, 6) is 1.27. The summed E-state index contributed by atoms with van der Waals surface area (Å²) >= 11 is 2.18. The monoisotopic (exact) mass is 199 g/mol. The minimum Gasteiger partial charge on any atom is -0.307 e. The standard InChI is InChI=1S/C11H21NS/c1-10(2)6-5-8-9(10)12-11(3,4)7-13-8/h8-9,12H,5-7H2,1-4H3. The van der Waals surface area contributed by atoms with E-state index in [2.05, 4.69) is 44.8 Å². The normalized spacial score (nSPS) is 41.5. The molecule has 0 aromatic heterocycles. The molecule has 1 heterocycles. The summed E-state index contributed by atoms with van der Waals surface area (Å²) in [6.07, 6.45) is 2.80. The number of thioether (sulfide) groups is 1. The summed E-state index contributed by atoms with van der Waals surface area (Å²) in [6.45, 7) is 9.47. The van der Waals surface area contributed by atoms with Gasteiger partial charge in [0.05, 0.1) is 0 Å². The average Bonchev–Trinajstić information content (AvgIpc) is 2.26. The summed E-state index contributed by atoms with van der Waals surface area (Å²) < 4.78 is 0. The molecule has 1 nitrogen and oxygen atoms in total. The van der Waals surface area contributed by atoms with Crippen molar-refractivity contribution in [2.75, 3.05) is 5.75 Å². The van der Waals surface area contributed by atoms with Crippen LogP contribution in [0.3, 0.4) is 0 Å². The molecule has 1 saturated heterocycles. The van der Waals surface area contributed by atoms with Gasteiger partial charge in [-0.05, 0) is 32.1 Å². The van der Waals surface area contributed by atoms with Crippen LogP contribution in [0.5, 0.6) is 0 Å². The number of nitrogens with one attached hydrogen (secondary N) is 1. The molecule has 1 aliphatic heterocycles. The van der Waals surface area contributed by atoms with Gasteiger partial charge in [-0.15, -0.1) is 0 Å². The Morgan fingerprint density at radius 2 is 1.92 bits per heavy atom. The Bertz CT molecular complexity index is 210. The summed E-state index contributed by atoms with van der Waals surface area (Å²) in [5.41, 5.74) is 0.850. The smallest absolute Gasteiger partial charge is 0.0242 e. The predicted octanol–water partition coefficient (Wildman–Crippen LogP) is 2.66. The van der Waals surface area contributed by atoms with Crippen molar-refractivity contribution < 1.29 is 0 Å². The molecular formula is C11H21NS. The third-order valence-corrected chi connectivity index (χ3v) is 5.32. The molecule has 1 saturated carbocycles. The molecule has 2 aliphatic rings. The maximum absolute atomic E-state index is 3.82. The average molecular weight is 199 g/mol. The predicted molar refractivity (Wildman–Crippen MR) is 60.3 cm³/mol. The van der Waals surface area contributed by atoms with E-state index >= 15 is 0 Å². The highest BCUT2D eigenvalue weighted by molar-refractivity contribution is 8.00. The lowest BCUT2D eigenvalue weighted by molar-refractivity contribution is 0.232. The molecule has 1 aliphatic carbocycles. The second-order valence-corrected chi connectivity index (χ2v) is 7.11. The highest BCUT2D eigenvalue weighted by Crippen LogP contribution is 2.46. The van der Waals surface area contributed by atoms with E-state index in [1.165, 1.54) is 18.6 Å². The van der Waals surface area contributed by atoms with Crippen LogP contribution in [-0.4, -0.2) is 22.6 Å². The fourth-order valence-electron chi connectivity index (χ4n) is 2.59. The molecule has 1 N–H and O–H groups in total. The van der Waals surface area contributed by atoms with Gasteiger partial charge in [-0.1, -0.05) is 13.8 Å². The Balaban J connectivity index is 2.14. The van der Waals surface area contributed by atoms with Crippen LogP contribution < -0.4 is 5.32 Å². The zero-order valence-corrected chi connectivity index (χ0v) is 10.0. The van der Waals surface area contributed by atoms with Crippen molar-refractivity contribution in [1.82, 2.24) is 5.32 Å². The molecule has 2 unspecified atom stereocenters. The van der Waals surface area contributed by atoms with E-state index in [0.29, 0.717) is 11.0 Å². The molecule has 0 aromatic rings. The summed E-state index contributed by atoms with van der Waals surface area (Å²) in [4.78, 5) is 0. The van der Waals surface area contributed by atoms with E-state index in [4.69, 9.17) is 0 Å². The lowest BCUT2D eigenvalue weighted by Crippen LogP contribution is -2.58. The van der Waals surface area contributed by atoms with Crippen molar-refractivity contribution in [1.29, 1.82) is 0 Å². The van der Waals surface area contributed by atoms with Gasteiger partial charge in [0.25, 0.3) is 0 Å². The van der Waals surface area contributed by atoms with Crippen LogP contribution in [-0.2, 0) is 0 Å². The molecular weight excluding hydrogens is 178 g/mol. The third-order valence-electron chi connectivity index (χ3n) is 3.49. The quantitative estimate of drug-likeness (QED) is 0.644. The largest absolute Gasteiger partial charge is 0.307 e. The Hall–Kier alpha value is 0.310. The first kappa shape index (κ1) is 9.85. The molecule has 13 heavy (non-hydrogen) atoms. The lowest BCUT2D eigenvalue weighted by atomic mass is 9.85. The zero-order chi connectivity index (χ0) is 9.69. The lowest BCUT2D eigenvalue weighted by Gasteiger charge is -2.43. The fraction of sp³-hybridized carbons (Fsp3) is 1.00. The van der Waals surface area contributed by atoms with E-state index < -0.39 is 0 Å². The maximum Gasteiger partial charge on any atom is 0.0242 e. The van der Waals surface area contributed by atoms with Gasteiger partial charge in [0.1, 0.15) is 0 Å². The summed E-state index contributed by atoms with van der Waals surface area (Å²) in [6, 6.07) is 0.737. The van der Waals surface area contributed by atoms with Crippen LogP contribution in [0.25, 0.3) is 0 Å². The Labute approximate surface area is 86.0 Å². The number of fused-ring (bicyclic) bond motifs is 1. The van der Waals surface area contributed by atoms with Gasteiger partial charge in [0.15, 0.2) is 0 Å². The second-order valence-electron chi connectivity index (χ2n) is 5.88. The highest BCUT2D eigenvalue weighted by atomic mass is 32.2. The molecule has 76 valence electrons. The van der Waals surface area contributed by atoms with Crippen LogP contribution in [0.2, 0.25) is 0 Å². The maximum atomic E-state index is 3.82. The van der Waals surface area contributed by atoms with E-state index in [1.54, 1.807) is 0 Å². The van der Waals surface area contributed by atoms with Crippen LogP contribution in [0.4, 0.5) is 0 Å². The summed E-state index contributed by atoms with van der Waals surface area (Å²) in [5, 5.41) is 4.70. The topological polar surface area (TPSA) is 12.0 Å². The molecule has 0 amide bonds. The molecule has 2 heteroatoms. The molecule has 0 radical (unpaired) electrons. The van der Waals surface area contributed by atoms with Gasteiger partial charge in [-0.25, -0.2) is 0 Å². The second kappa shape index (κ2) is 2.90. The fourth-order valence-corrected chi connectivity index (χ4v) is 4.21. The number of hydrogen-bond donors (Lipinski definition) is 1. The van der Waals surface area contributed by atoms with Gasteiger partial charge in [-0.2, -0.15) is 11.8 Å². The zero-order valence-electron chi connectivity index (χ0n) is 9.18. The van der Waals surface area contributed by atoms with Gasteiger partial charge in [0.2, 0.25) is 0 Å². The summed E-state index contributed by atoms with van der Waals surface area (Å²) in [7, 11) is 0. The van der Waals surface area contributed by atoms with Gasteiger partial charge < -0.3 is 5.32 Å². The van der Waals surface area contributed by atoms with Crippen LogP contribution >= 0.6 is 11.8 Å². The van der Waals surface area contributed by atoms with Crippen molar-refractivity contribution in [3.8, 4) is 0 Å². The molecule has 0 spiro atoms. The van der Waals surface area contributed by atoms with E-state index in [-0.39, 0.29) is 0 Å². The Morgan fingerprint density at radius 3 is 2.62 bits per heavy atom. The van der Waals surface area contributed by atoms with Crippen molar-refractivity contribution in [3.05, 3.63) is 0 Å². The number of hydrogen-bond acceptors (Lipinski definition) is 2. The van der Waals surface area contributed by atoms with Gasteiger partial charge >= 0.3 is 0 Å². The highest BCUT2D eigenvalue weighted by Gasteiger charge is 2.47. The van der Waals surface area contributed by atoms with E-state index in [9.17, 15) is 0 Å². The van der Waals surface area contributed by atoms with Crippen molar-refractivity contribution in [2.45, 2.75) is 57.4 Å². The van der Waals surface area contributed by atoms with Crippen LogP contribution in [0.15, 0.2) is 0 Å². The van der Waals surface area contributed by atoms with Gasteiger partial charge in [-0.3, -0.25) is 0 Å². The van der Waals surface area contributed by atoms with Crippen molar-refractivity contribution >= 4 is 11.8 Å². The molecule has 0 bridgehead atoms. The van der Waals surface area contributed by atoms with Crippen molar-refractivity contribution in [2.24, 2.45) is 5.41 Å². The Kier molecular flexibility index (Phi) is 2.20. The molecule has 0 aromatic carbocycles. The molecule has 2 rings (SSSR count). The minimum absolute atomic E-state index is 0.341. The first-order valence-corrected chi connectivity index (χ1v) is 6.35. The van der Waals surface area contributed by atoms with Crippen LogP contribution in [0.1, 0.15) is 40.5 Å². The van der Waals surface area contributed by atoms with Crippen molar-refractivity contribution in [3.63, 3.8) is 0 Å². The molecule has 2 atom stereocenters. The van der Waals surface area contributed by atoms with Gasteiger partial charge in [0, 0.05) is 22.6 Å². The number of rotatable bonds is 0. The Morgan fingerprint density at radius 1 is 1.23 bits per heavy atom. The SMILES string of the molecule is CC1(C)CSC2CCC(C)(C)C2N1. The third kappa shape index (κ3) is 1.75. The minimum atomic E-state index is 0.341.